The van der Waals surface area contributed by atoms with Crippen LogP contribution in [0.15, 0.2) is 36.5 Å². The van der Waals surface area contributed by atoms with E-state index < -0.39 is 26.5 Å². The van der Waals surface area contributed by atoms with Gasteiger partial charge in [-0.25, -0.2) is 4.57 Å². The lowest BCUT2D eigenvalue weighted by Gasteiger charge is -2.24. The fourth-order valence-electron chi connectivity index (χ4n) is 8.80. The SMILES string of the molecule is CC/C=C\C/C=C\C/C=C\CCCCCCCCCC(=O)OC(COC(=O)CCCCCCCCCCCCCCCCCCCCCCCCCCCCCCCC)COP(=O)(O)OCC[N+](C)(C)C. The first-order valence-corrected chi connectivity index (χ1v) is 31.7. The molecular formula is C61H117NO8P+. The first-order valence-electron chi connectivity index (χ1n) is 30.2. The number of nitrogens with zero attached hydrogens (tertiary/aromatic N) is 1. The highest BCUT2D eigenvalue weighted by molar-refractivity contribution is 7.47. The monoisotopic (exact) mass is 1020 g/mol. The number of esters is 2. The van der Waals surface area contributed by atoms with Gasteiger partial charge in [-0.15, -0.1) is 0 Å². The van der Waals surface area contributed by atoms with Crippen LogP contribution in [0, 0.1) is 0 Å². The van der Waals surface area contributed by atoms with E-state index in [1.165, 1.54) is 193 Å². The van der Waals surface area contributed by atoms with Crippen LogP contribution in [0.3, 0.4) is 0 Å². The zero-order valence-corrected chi connectivity index (χ0v) is 48.4. The topological polar surface area (TPSA) is 108 Å². The normalized spacial score (nSPS) is 13.5. The van der Waals surface area contributed by atoms with Crippen LogP contribution in [0.25, 0.3) is 0 Å². The van der Waals surface area contributed by atoms with Crippen LogP contribution in [0.4, 0.5) is 0 Å². The molecule has 0 aromatic carbocycles. The van der Waals surface area contributed by atoms with Crippen molar-refractivity contribution >= 4 is 19.8 Å². The molecule has 71 heavy (non-hydrogen) atoms. The Morgan fingerprint density at radius 2 is 0.803 bits per heavy atom. The predicted octanol–water partition coefficient (Wildman–Crippen LogP) is 18.8. The molecule has 0 saturated carbocycles. The number of phosphoric acid groups is 1. The number of hydrogen-bond acceptors (Lipinski definition) is 7. The summed E-state index contributed by atoms with van der Waals surface area (Å²) in [6, 6.07) is 0. The summed E-state index contributed by atoms with van der Waals surface area (Å²) >= 11 is 0. The quantitative estimate of drug-likeness (QED) is 0.0211. The van der Waals surface area contributed by atoms with Gasteiger partial charge in [-0.3, -0.25) is 18.6 Å². The van der Waals surface area contributed by atoms with Crippen molar-refractivity contribution in [2.24, 2.45) is 0 Å². The molecule has 0 aliphatic heterocycles. The number of ether oxygens (including phenoxy) is 2. The molecule has 0 fully saturated rings. The van der Waals surface area contributed by atoms with E-state index >= 15 is 0 Å². The van der Waals surface area contributed by atoms with Crippen LogP contribution in [-0.4, -0.2) is 74.9 Å². The molecule has 0 amide bonds. The number of likely N-dealkylation sites (N-methyl/N-ethyl adjacent to an activating group) is 1. The first-order chi connectivity index (χ1) is 34.5. The van der Waals surface area contributed by atoms with E-state index in [0.717, 1.165) is 64.2 Å². The van der Waals surface area contributed by atoms with Crippen molar-refractivity contribution in [2.75, 3.05) is 47.5 Å². The summed E-state index contributed by atoms with van der Waals surface area (Å²) in [5, 5.41) is 0. The van der Waals surface area contributed by atoms with E-state index in [-0.39, 0.29) is 25.6 Å². The zero-order chi connectivity index (χ0) is 52.0. The highest BCUT2D eigenvalue weighted by Gasteiger charge is 2.27. The zero-order valence-electron chi connectivity index (χ0n) is 47.5. The smallest absolute Gasteiger partial charge is 0.462 e. The number of hydrogen-bond donors (Lipinski definition) is 1. The summed E-state index contributed by atoms with van der Waals surface area (Å²) in [7, 11) is 1.48. The Bertz CT molecular complexity index is 1300. The van der Waals surface area contributed by atoms with Gasteiger partial charge >= 0.3 is 19.8 Å². The van der Waals surface area contributed by atoms with Gasteiger partial charge in [-0.2, -0.15) is 0 Å². The molecule has 0 aromatic heterocycles. The maximum Gasteiger partial charge on any atom is 0.472 e. The lowest BCUT2D eigenvalue weighted by atomic mass is 10.0. The van der Waals surface area contributed by atoms with Crippen LogP contribution < -0.4 is 0 Å². The van der Waals surface area contributed by atoms with Gasteiger partial charge in [0.15, 0.2) is 6.10 Å². The highest BCUT2D eigenvalue weighted by atomic mass is 31.2. The maximum absolute atomic E-state index is 12.8. The second kappa shape index (κ2) is 53.1. The number of phosphoric ester groups is 1. The second-order valence-corrected chi connectivity index (χ2v) is 23.2. The van der Waals surface area contributed by atoms with Gasteiger partial charge in [-0.1, -0.05) is 269 Å². The van der Waals surface area contributed by atoms with Crippen molar-refractivity contribution in [3.8, 4) is 0 Å². The minimum absolute atomic E-state index is 0.0307. The second-order valence-electron chi connectivity index (χ2n) is 21.7. The number of rotatable bonds is 56. The minimum Gasteiger partial charge on any atom is -0.462 e. The molecule has 0 radical (unpaired) electrons. The molecule has 2 unspecified atom stereocenters. The third-order valence-corrected chi connectivity index (χ3v) is 14.4. The molecule has 9 nitrogen and oxygen atoms in total. The third kappa shape index (κ3) is 57.4. The molecule has 0 aliphatic rings. The molecule has 0 heterocycles. The molecule has 0 spiro atoms. The van der Waals surface area contributed by atoms with Crippen LogP contribution in [0.5, 0.6) is 0 Å². The summed E-state index contributed by atoms with van der Waals surface area (Å²) in [5.41, 5.74) is 0. The van der Waals surface area contributed by atoms with Crippen LogP contribution in [-0.2, 0) is 32.7 Å². The van der Waals surface area contributed by atoms with Gasteiger partial charge in [0, 0.05) is 12.8 Å². The lowest BCUT2D eigenvalue weighted by molar-refractivity contribution is -0.870. The molecular weight excluding hydrogens is 906 g/mol. The molecule has 0 saturated heterocycles. The van der Waals surface area contributed by atoms with E-state index in [9.17, 15) is 19.0 Å². The Labute approximate surface area is 440 Å². The van der Waals surface area contributed by atoms with Gasteiger partial charge in [0.25, 0.3) is 0 Å². The van der Waals surface area contributed by atoms with E-state index in [1.54, 1.807) is 0 Å². The molecule has 0 rings (SSSR count). The van der Waals surface area contributed by atoms with Crippen molar-refractivity contribution in [1.82, 2.24) is 0 Å². The van der Waals surface area contributed by atoms with Gasteiger partial charge in [-0.05, 0) is 44.9 Å². The number of allylic oxidation sites excluding steroid dienone is 6. The molecule has 10 heteroatoms. The predicted molar refractivity (Wildman–Crippen MR) is 303 cm³/mol. The molecule has 0 bridgehead atoms. The fourth-order valence-corrected chi connectivity index (χ4v) is 9.54. The Kier molecular flexibility index (Phi) is 51.7. The van der Waals surface area contributed by atoms with Crippen molar-refractivity contribution in [3.63, 3.8) is 0 Å². The highest BCUT2D eigenvalue weighted by Crippen LogP contribution is 2.43. The summed E-state index contributed by atoms with van der Waals surface area (Å²) in [5.74, 6) is -0.796. The third-order valence-electron chi connectivity index (χ3n) is 13.4. The Hall–Kier alpha value is -1.77. The fraction of sp³-hybridized carbons (Fsp3) is 0.869. The molecule has 2 atom stereocenters. The van der Waals surface area contributed by atoms with Crippen molar-refractivity contribution in [1.29, 1.82) is 0 Å². The standard InChI is InChI=1S/C61H116NO8P/c1-6-8-10-12-14-16-18-20-22-24-25-26-27-28-29-30-31-32-33-34-35-36-38-39-41-43-45-47-49-51-53-60(63)67-57-59(58-69-71(65,66)68-56-55-62(3,4)5)70-61(64)54-52-50-48-46-44-42-40-37-23-21-19-17-15-13-11-9-7-2/h9,11,15,17,21,23,59H,6-8,10,12-14,16,18-20,22,24-58H2,1-5H3/p+1/b11-9-,17-15-,23-21-. The average Bonchev–Trinajstić information content (AvgIpc) is 3.33. The molecule has 0 aromatic rings. The Morgan fingerprint density at radius 1 is 0.451 bits per heavy atom. The van der Waals surface area contributed by atoms with E-state index in [2.05, 4.69) is 50.3 Å². The summed E-state index contributed by atoms with van der Waals surface area (Å²) < 4.78 is 34.6. The van der Waals surface area contributed by atoms with Crippen molar-refractivity contribution in [3.05, 3.63) is 36.5 Å². The number of carbonyl (C=O) groups is 2. The summed E-state index contributed by atoms with van der Waals surface area (Å²) in [6.07, 6.45) is 65.2. The minimum atomic E-state index is -4.39. The van der Waals surface area contributed by atoms with Crippen molar-refractivity contribution in [2.45, 2.75) is 296 Å². The number of carbonyl (C=O) groups excluding carboxylic acids is 2. The molecule has 0 aliphatic carbocycles. The molecule has 418 valence electrons. The Morgan fingerprint density at radius 3 is 1.20 bits per heavy atom. The van der Waals surface area contributed by atoms with Gasteiger partial charge < -0.3 is 18.9 Å². The molecule has 1 N–H and O–H groups in total. The number of unbranched alkanes of at least 4 members (excludes halogenated alkanes) is 36. The van der Waals surface area contributed by atoms with E-state index in [1.807, 2.05) is 21.1 Å². The van der Waals surface area contributed by atoms with Gasteiger partial charge in [0.05, 0.1) is 27.7 Å². The summed E-state index contributed by atoms with van der Waals surface area (Å²) in [4.78, 5) is 35.7. The largest absolute Gasteiger partial charge is 0.472 e. The first kappa shape index (κ1) is 69.2. The van der Waals surface area contributed by atoms with Gasteiger partial charge in [0.2, 0.25) is 0 Å². The van der Waals surface area contributed by atoms with E-state index in [4.69, 9.17) is 18.5 Å². The van der Waals surface area contributed by atoms with Crippen molar-refractivity contribution < 1.29 is 42.1 Å². The van der Waals surface area contributed by atoms with E-state index in [0.29, 0.717) is 23.9 Å². The average molecular weight is 1020 g/mol. The van der Waals surface area contributed by atoms with Gasteiger partial charge in [0.1, 0.15) is 19.8 Å². The maximum atomic E-state index is 12.8. The van der Waals surface area contributed by atoms with Crippen LogP contribution in [0.1, 0.15) is 290 Å². The Balaban J connectivity index is 4.02. The number of quaternary nitrogens is 1. The van der Waals surface area contributed by atoms with Crippen LogP contribution in [0.2, 0.25) is 0 Å². The lowest BCUT2D eigenvalue weighted by Crippen LogP contribution is -2.37. The van der Waals surface area contributed by atoms with Crippen LogP contribution >= 0.6 is 7.82 Å². The summed E-state index contributed by atoms with van der Waals surface area (Å²) in [6.45, 7) is 4.35.